The molecule has 0 aromatic heterocycles. The van der Waals surface area contributed by atoms with Gasteiger partial charge in [-0.1, -0.05) is 6.42 Å². The van der Waals surface area contributed by atoms with Crippen molar-refractivity contribution in [1.29, 1.82) is 0 Å². The van der Waals surface area contributed by atoms with Gasteiger partial charge in [0.05, 0.1) is 0 Å². The van der Waals surface area contributed by atoms with Gasteiger partial charge < -0.3 is 0 Å². The zero-order chi connectivity index (χ0) is 6.72. The summed E-state index contributed by atoms with van der Waals surface area (Å²) < 4.78 is 0. The Hall–Kier alpha value is -0.330. The Bertz CT molecular complexity index is 197. The summed E-state index contributed by atoms with van der Waals surface area (Å²) in [5.41, 5.74) is 0. The number of Topliss-reactive ketones (excluding diaryl/α,β-unsaturated/α-hetero) is 1. The largest absolute Gasteiger partial charge is 0.299 e. The second kappa shape index (κ2) is 1.46. The lowest BCUT2D eigenvalue weighted by Crippen LogP contribution is -2.12. The summed E-state index contributed by atoms with van der Waals surface area (Å²) in [7, 11) is 0. The van der Waals surface area contributed by atoms with E-state index in [1.54, 1.807) is 0 Å². The van der Waals surface area contributed by atoms with E-state index < -0.39 is 0 Å². The molecule has 0 amide bonds. The molecule has 0 unspecified atom stereocenters. The summed E-state index contributed by atoms with van der Waals surface area (Å²) in [5, 5.41) is 0. The van der Waals surface area contributed by atoms with Crippen LogP contribution in [0.25, 0.3) is 0 Å². The third-order valence-electron chi connectivity index (χ3n) is 3.72. The first kappa shape index (κ1) is 5.34. The van der Waals surface area contributed by atoms with Crippen LogP contribution in [-0.4, -0.2) is 5.78 Å². The van der Waals surface area contributed by atoms with Crippen molar-refractivity contribution in [2.45, 2.75) is 25.7 Å². The second-order valence-corrected chi connectivity index (χ2v) is 4.13. The van der Waals surface area contributed by atoms with Gasteiger partial charge >= 0.3 is 0 Å². The summed E-state index contributed by atoms with van der Waals surface area (Å²) in [4.78, 5) is 11.2. The van der Waals surface area contributed by atoms with E-state index in [9.17, 15) is 4.79 Å². The van der Waals surface area contributed by atoms with Crippen molar-refractivity contribution in [3.8, 4) is 0 Å². The molecule has 54 valence electrons. The van der Waals surface area contributed by atoms with E-state index in [2.05, 4.69) is 0 Å². The van der Waals surface area contributed by atoms with Gasteiger partial charge in [-0.25, -0.2) is 0 Å². The van der Waals surface area contributed by atoms with Gasteiger partial charge in [0.1, 0.15) is 5.78 Å². The van der Waals surface area contributed by atoms with E-state index >= 15 is 0 Å². The fourth-order valence-corrected chi connectivity index (χ4v) is 3.31. The monoisotopic (exact) mass is 136 g/mol. The van der Waals surface area contributed by atoms with Crippen LogP contribution < -0.4 is 0 Å². The number of fused-ring (bicyclic) bond motifs is 1. The number of hydrogen-bond donors (Lipinski definition) is 0. The lowest BCUT2D eigenvalue weighted by atomic mass is 9.87. The topological polar surface area (TPSA) is 17.1 Å². The van der Waals surface area contributed by atoms with Crippen LogP contribution in [0.15, 0.2) is 0 Å². The minimum absolute atomic E-state index is 0.562. The second-order valence-electron chi connectivity index (χ2n) is 4.13. The molecule has 10 heavy (non-hydrogen) atoms. The minimum atomic E-state index is 0.562. The van der Waals surface area contributed by atoms with Crippen molar-refractivity contribution >= 4 is 5.78 Å². The van der Waals surface area contributed by atoms with E-state index in [1.165, 1.54) is 19.3 Å². The Morgan fingerprint density at radius 2 is 2.20 bits per heavy atom. The molecule has 0 aromatic carbocycles. The molecule has 4 atom stereocenters. The molecule has 0 aromatic rings. The van der Waals surface area contributed by atoms with Crippen LogP contribution >= 0.6 is 0 Å². The molecule has 0 aliphatic heterocycles. The third-order valence-corrected chi connectivity index (χ3v) is 3.72. The number of ketones is 1. The number of carbonyl (C=O) groups is 1. The van der Waals surface area contributed by atoms with Crippen LogP contribution in [-0.2, 0) is 4.79 Å². The Labute approximate surface area is 60.8 Å². The molecule has 0 N–H and O–H groups in total. The van der Waals surface area contributed by atoms with Gasteiger partial charge in [0.15, 0.2) is 0 Å². The van der Waals surface area contributed by atoms with Crippen molar-refractivity contribution < 1.29 is 4.79 Å². The number of carbonyl (C=O) groups excluding carboxylic acids is 1. The van der Waals surface area contributed by atoms with Crippen LogP contribution in [0.5, 0.6) is 0 Å². The fourth-order valence-electron chi connectivity index (χ4n) is 3.31. The van der Waals surface area contributed by atoms with E-state index in [1.807, 2.05) is 0 Å². The molecule has 3 aliphatic rings. The molecule has 3 rings (SSSR count). The van der Waals surface area contributed by atoms with Crippen molar-refractivity contribution in [3.63, 3.8) is 0 Å². The predicted octanol–water partition coefficient (Wildman–Crippen LogP) is 1.62. The zero-order valence-electron chi connectivity index (χ0n) is 6.05. The molecule has 3 fully saturated rings. The maximum absolute atomic E-state index is 11.2. The highest BCUT2D eigenvalue weighted by Crippen LogP contribution is 2.64. The molecule has 0 bridgehead atoms. The lowest BCUT2D eigenvalue weighted by molar-refractivity contribution is -0.120. The highest BCUT2D eigenvalue weighted by Gasteiger charge is 2.63. The van der Waals surface area contributed by atoms with E-state index in [0.29, 0.717) is 11.7 Å². The average Bonchev–Trinajstić information content (AvgIpc) is 2.51. The van der Waals surface area contributed by atoms with E-state index in [0.717, 1.165) is 24.2 Å². The predicted molar refractivity (Wildman–Crippen MR) is 37.4 cm³/mol. The smallest absolute Gasteiger partial charge is 0.136 e. The van der Waals surface area contributed by atoms with Gasteiger partial charge in [-0.3, -0.25) is 4.79 Å². The zero-order valence-corrected chi connectivity index (χ0v) is 6.05. The molecule has 1 heteroatoms. The Morgan fingerprint density at radius 3 is 2.90 bits per heavy atom. The Morgan fingerprint density at radius 1 is 1.30 bits per heavy atom. The molecule has 3 saturated carbocycles. The third kappa shape index (κ3) is 0.446. The lowest BCUT2D eigenvalue weighted by Gasteiger charge is -2.18. The van der Waals surface area contributed by atoms with Gasteiger partial charge in [0, 0.05) is 12.3 Å². The van der Waals surface area contributed by atoms with Crippen molar-refractivity contribution in [1.82, 2.24) is 0 Å². The quantitative estimate of drug-likeness (QED) is 0.494. The van der Waals surface area contributed by atoms with Crippen molar-refractivity contribution in [3.05, 3.63) is 0 Å². The Balaban J connectivity index is 1.95. The first-order valence-electron chi connectivity index (χ1n) is 4.40. The van der Waals surface area contributed by atoms with Gasteiger partial charge in [-0.05, 0) is 30.6 Å². The van der Waals surface area contributed by atoms with Crippen LogP contribution in [0.3, 0.4) is 0 Å². The molecule has 3 aliphatic carbocycles. The maximum atomic E-state index is 11.2. The van der Waals surface area contributed by atoms with E-state index in [-0.39, 0.29) is 0 Å². The van der Waals surface area contributed by atoms with Crippen molar-refractivity contribution in [2.75, 3.05) is 0 Å². The summed E-state index contributed by atoms with van der Waals surface area (Å²) >= 11 is 0. The maximum Gasteiger partial charge on any atom is 0.136 e. The van der Waals surface area contributed by atoms with Gasteiger partial charge in [-0.15, -0.1) is 0 Å². The molecule has 0 radical (unpaired) electrons. The van der Waals surface area contributed by atoms with Gasteiger partial charge in [0.25, 0.3) is 0 Å². The van der Waals surface area contributed by atoms with Gasteiger partial charge in [-0.2, -0.15) is 0 Å². The normalized spacial score (nSPS) is 56.6. The molecule has 1 nitrogen and oxygen atoms in total. The Kier molecular flexibility index (Phi) is 0.781. The number of hydrogen-bond acceptors (Lipinski definition) is 1. The van der Waals surface area contributed by atoms with E-state index in [4.69, 9.17) is 0 Å². The SMILES string of the molecule is O=C1C[C@H]2CCC[C@H]3[C@@H]1[C@@H]23. The van der Waals surface area contributed by atoms with Gasteiger partial charge in [0.2, 0.25) is 0 Å². The fraction of sp³-hybridized carbons (Fsp3) is 0.889. The summed E-state index contributed by atoms with van der Waals surface area (Å²) in [5.74, 6) is 3.73. The first-order valence-corrected chi connectivity index (χ1v) is 4.40. The standard InChI is InChI=1S/C9H12O/c10-7-4-5-2-1-3-6-8(5)9(6)7/h5-6,8-9H,1-4H2/t5-,6-,8+,9+/m1/s1. The van der Waals surface area contributed by atoms with Crippen molar-refractivity contribution in [2.24, 2.45) is 23.7 Å². The van der Waals surface area contributed by atoms with Crippen LogP contribution in [0, 0.1) is 23.7 Å². The average molecular weight is 136 g/mol. The van der Waals surface area contributed by atoms with Crippen LogP contribution in [0.1, 0.15) is 25.7 Å². The molecular formula is C9H12O. The minimum Gasteiger partial charge on any atom is -0.299 e. The molecular weight excluding hydrogens is 124 g/mol. The number of rotatable bonds is 0. The molecule has 0 heterocycles. The highest BCUT2D eigenvalue weighted by molar-refractivity contribution is 5.87. The molecule has 0 spiro atoms. The van der Waals surface area contributed by atoms with Crippen LogP contribution in [0.4, 0.5) is 0 Å². The summed E-state index contributed by atoms with van der Waals surface area (Å²) in [6, 6.07) is 0. The summed E-state index contributed by atoms with van der Waals surface area (Å²) in [6.07, 6.45) is 5.04. The highest BCUT2D eigenvalue weighted by atomic mass is 16.1. The first-order chi connectivity index (χ1) is 4.88. The summed E-state index contributed by atoms with van der Waals surface area (Å²) in [6.45, 7) is 0. The van der Waals surface area contributed by atoms with Crippen LogP contribution in [0.2, 0.25) is 0 Å². The molecule has 0 saturated heterocycles.